The first-order chi connectivity index (χ1) is 4.49. The van der Waals surface area contributed by atoms with Gasteiger partial charge in [0, 0.05) is 0 Å². The molecular weight excluding hydrogens is 120 g/mol. The monoisotopic (exact) mass is 138 g/mol. The van der Waals surface area contributed by atoms with Gasteiger partial charge in [0.1, 0.15) is 0 Å². The Morgan fingerprint density at radius 3 is 1.90 bits per heavy atom. The van der Waals surface area contributed by atoms with E-state index < -0.39 is 0 Å². The highest BCUT2D eigenvalue weighted by Gasteiger charge is 2.49. The van der Waals surface area contributed by atoms with Crippen molar-refractivity contribution in [3.63, 3.8) is 0 Å². The van der Waals surface area contributed by atoms with Crippen LogP contribution in [0, 0.1) is 16.7 Å². The Morgan fingerprint density at radius 1 is 1.00 bits per heavy atom. The van der Waals surface area contributed by atoms with E-state index in [4.69, 9.17) is 0 Å². The van der Waals surface area contributed by atoms with E-state index >= 15 is 0 Å². The molecule has 2 bridgehead atoms. The van der Waals surface area contributed by atoms with Gasteiger partial charge in [-0.3, -0.25) is 0 Å². The second-order valence-corrected chi connectivity index (χ2v) is 5.63. The molecule has 0 N–H and O–H groups in total. The largest absolute Gasteiger partial charge is 0.0599 e. The molecule has 0 spiro atoms. The van der Waals surface area contributed by atoms with E-state index in [0.29, 0.717) is 5.41 Å². The van der Waals surface area contributed by atoms with Gasteiger partial charge in [-0.15, -0.1) is 0 Å². The molecule has 0 saturated heterocycles. The van der Waals surface area contributed by atoms with E-state index in [1.54, 1.807) is 0 Å². The van der Waals surface area contributed by atoms with Gasteiger partial charge in [0.05, 0.1) is 0 Å². The van der Waals surface area contributed by atoms with Crippen molar-refractivity contribution in [2.45, 2.75) is 46.5 Å². The maximum Gasteiger partial charge on any atom is -0.0315 e. The molecule has 58 valence electrons. The maximum absolute atomic E-state index is 2.46. The van der Waals surface area contributed by atoms with Crippen LogP contribution in [0.15, 0.2) is 0 Å². The van der Waals surface area contributed by atoms with Crippen molar-refractivity contribution in [2.24, 2.45) is 16.7 Å². The normalized spacial score (nSPS) is 50.1. The smallest absolute Gasteiger partial charge is 0.0315 e. The van der Waals surface area contributed by atoms with Crippen molar-refractivity contribution in [3.05, 3.63) is 0 Å². The molecule has 0 aliphatic heterocycles. The van der Waals surface area contributed by atoms with E-state index in [0.717, 1.165) is 11.3 Å². The standard InChI is InChI=1S/C10H18/c1-9(2)4-8-5-10(3,6-8)7-9/h8H,4-7H2,1-3H3. The molecule has 3 fully saturated rings. The lowest BCUT2D eigenvalue weighted by Crippen LogP contribution is -2.45. The molecule has 0 heterocycles. The second kappa shape index (κ2) is 1.60. The van der Waals surface area contributed by atoms with Crippen LogP contribution in [0.4, 0.5) is 0 Å². The first kappa shape index (κ1) is 6.69. The van der Waals surface area contributed by atoms with Crippen LogP contribution >= 0.6 is 0 Å². The third kappa shape index (κ3) is 0.889. The highest BCUT2D eigenvalue weighted by molar-refractivity contribution is 5.00. The van der Waals surface area contributed by atoms with Crippen LogP contribution in [0.25, 0.3) is 0 Å². The summed E-state index contributed by atoms with van der Waals surface area (Å²) < 4.78 is 0. The summed E-state index contributed by atoms with van der Waals surface area (Å²) in [6.07, 6.45) is 6.01. The molecule has 0 heteroatoms. The lowest BCUT2D eigenvalue weighted by Gasteiger charge is -2.57. The van der Waals surface area contributed by atoms with Crippen LogP contribution in [0.2, 0.25) is 0 Å². The number of hydrogen-bond acceptors (Lipinski definition) is 0. The Hall–Kier alpha value is 0. The summed E-state index contributed by atoms with van der Waals surface area (Å²) in [6, 6.07) is 0. The first-order valence-corrected chi connectivity index (χ1v) is 4.49. The summed E-state index contributed by atoms with van der Waals surface area (Å²) in [7, 11) is 0. The summed E-state index contributed by atoms with van der Waals surface area (Å²) >= 11 is 0. The minimum atomic E-state index is 0.663. The second-order valence-electron chi connectivity index (χ2n) is 5.63. The maximum atomic E-state index is 2.46. The molecule has 0 aromatic rings. The predicted molar refractivity (Wildman–Crippen MR) is 43.8 cm³/mol. The summed E-state index contributed by atoms with van der Waals surface area (Å²) in [5.41, 5.74) is 1.42. The Kier molecular flexibility index (Phi) is 1.07. The van der Waals surface area contributed by atoms with E-state index in [9.17, 15) is 0 Å². The molecule has 10 heavy (non-hydrogen) atoms. The molecule has 0 nitrogen and oxygen atoms in total. The Labute approximate surface area is 64.0 Å². The fraction of sp³-hybridized carbons (Fsp3) is 1.00. The van der Waals surface area contributed by atoms with Gasteiger partial charge in [-0.25, -0.2) is 0 Å². The molecule has 3 rings (SSSR count). The molecule has 0 unspecified atom stereocenters. The van der Waals surface area contributed by atoms with Crippen molar-refractivity contribution in [2.75, 3.05) is 0 Å². The lowest BCUT2D eigenvalue weighted by atomic mass is 9.49. The van der Waals surface area contributed by atoms with Crippen molar-refractivity contribution < 1.29 is 0 Å². The van der Waals surface area contributed by atoms with E-state index in [-0.39, 0.29) is 0 Å². The van der Waals surface area contributed by atoms with Crippen LogP contribution < -0.4 is 0 Å². The van der Waals surface area contributed by atoms with Gasteiger partial charge in [-0.1, -0.05) is 20.8 Å². The molecule has 0 aromatic heterocycles. The third-order valence-corrected chi connectivity index (χ3v) is 3.31. The van der Waals surface area contributed by atoms with Crippen LogP contribution in [-0.4, -0.2) is 0 Å². The van der Waals surface area contributed by atoms with Crippen molar-refractivity contribution in [1.82, 2.24) is 0 Å². The molecule has 0 atom stereocenters. The van der Waals surface area contributed by atoms with Crippen molar-refractivity contribution >= 4 is 0 Å². The molecule has 3 aliphatic carbocycles. The predicted octanol–water partition coefficient (Wildman–Crippen LogP) is 3.22. The fourth-order valence-corrected chi connectivity index (χ4v) is 3.63. The van der Waals surface area contributed by atoms with Crippen LogP contribution in [0.5, 0.6) is 0 Å². The minimum absolute atomic E-state index is 0.663. The summed E-state index contributed by atoms with van der Waals surface area (Å²) in [4.78, 5) is 0. The van der Waals surface area contributed by atoms with E-state index in [2.05, 4.69) is 20.8 Å². The number of hydrogen-bond donors (Lipinski definition) is 0. The quantitative estimate of drug-likeness (QED) is 0.482. The van der Waals surface area contributed by atoms with Gasteiger partial charge in [-0.05, 0) is 42.4 Å². The van der Waals surface area contributed by atoms with E-state index in [1.165, 1.54) is 25.7 Å². The lowest BCUT2D eigenvalue weighted by molar-refractivity contribution is -0.0580. The Bertz CT molecular complexity index is 147. The molecular formula is C10H18. The average molecular weight is 138 g/mol. The molecule has 0 amide bonds. The van der Waals surface area contributed by atoms with Gasteiger partial charge in [0.2, 0.25) is 0 Å². The summed E-state index contributed by atoms with van der Waals surface area (Å²) in [5.74, 6) is 1.09. The first-order valence-electron chi connectivity index (χ1n) is 4.49. The van der Waals surface area contributed by atoms with Crippen molar-refractivity contribution in [1.29, 1.82) is 0 Å². The van der Waals surface area contributed by atoms with Gasteiger partial charge in [0.25, 0.3) is 0 Å². The van der Waals surface area contributed by atoms with Crippen LogP contribution in [-0.2, 0) is 0 Å². The topological polar surface area (TPSA) is 0 Å². The Morgan fingerprint density at radius 2 is 1.60 bits per heavy atom. The fourth-order valence-electron chi connectivity index (χ4n) is 3.63. The highest BCUT2D eigenvalue weighted by Crippen LogP contribution is 2.61. The van der Waals surface area contributed by atoms with Gasteiger partial charge < -0.3 is 0 Å². The molecule has 3 aliphatic rings. The number of fused-ring (bicyclic) bond motifs is 2. The zero-order chi connectivity index (χ0) is 7.41. The summed E-state index contributed by atoms with van der Waals surface area (Å²) in [6.45, 7) is 7.32. The van der Waals surface area contributed by atoms with Gasteiger partial charge >= 0.3 is 0 Å². The molecule has 0 radical (unpaired) electrons. The zero-order valence-electron chi connectivity index (χ0n) is 7.41. The highest BCUT2D eigenvalue weighted by atomic mass is 14.5. The number of rotatable bonds is 0. The summed E-state index contributed by atoms with van der Waals surface area (Å²) in [5, 5.41) is 0. The average Bonchev–Trinajstić information content (AvgIpc) is 1.54. The van der Waals surface area contributed by atoms with Gasteiger partial charge in [-0.2, -0.15) is 0 Å². The zero-order valence-corrected chi connectivity index (χ0v) is 7.41. The van der Waals surface area contributed by atoms with Crippen LogP contribution in [0.3, 0.4) is 0 Å². The SMILES string of the molecule is CC1(C)CC2CC(C)(C2)C1. The Balaban J connectivity index is 2.12. The minimum Gasteiger partial charge on any atom is -0.0599 e. The van der Waals surface area contributed by atoms with E-state index in [1.807, 2.05) is 0 Å². The molecule has 0 aromatic carbocycles. The molecule has 3 saturated carbocycles. The van der Waals surface area contributed by atoms with Gasteiger partial charge in [0.15, 0.2) is 0 Å². The third-order valence-electron chi connectivity index (χ3n) is 3.31. The van der Waals surface area contributed by atoms with Crippen LogP contribution in [0.1, 0.15) is 46.5 Å². The van der Waals surface area contributed by atoms with Crippen molar-refractivity contribution in [3.8, 4) is 0 Å².